The van der Waals surface area contributed by atoms with Crippen molar-refractivity contribution < 1.29 is 5.11 Å². The molecule has 0 aromatic heterocycles. The molecule has 0 rings (SSSR count). The second kappa shape index (κ2) is 6.61. The zero-order chi connectivity index (χ0) is 10.3. The third-order valence-electron chi connectivity index (χ3n) is 1.66. The van der Waals surface area contributed by atoms with E-state index in [0.29, 0.717) is 0 Å². The molecule has 0 radical (unpaired) electrons. The van der Waals surface area contributed by atoms with Gasteiger partial charge in [-0.15, -0.1) is 6.58 Å². The van der Waals surface area contributed by atoms with Crippen LogP contribution in [0.1, 0.15) is 27.2 Å². The molecule has 0 fully saturated rings. The molecule has 1 unspecified atom stereocenters. The van der Waals surface area contributed by atoms with Gasteiger partial charge >= 0.3 is 0 Å². The van der Waals surface area contributed by atoms with E-state index in [1.807, 2.05) is 32.9 Å². The average molecular weight is 181 g/mol. The predicted molar refractivity (Wildman–Crippen MR) is 57.9 cm³/mol. The van der Waals surface area contributed by atoms with Crippen LogP contribution >= 0.6 is 0 Å². The van der Waals surface area contributed by atoms with E-state index in [1.54, 1.807) is 6.21 Å². The largest absolute Gasteiger partial charge is 0.372 e. The fourth-order valence-corrected chi connectivity index (χ4v) is 0.726. The zero-order valence-corrected chi connectivity index (χ0v) is 8.70. The maximum Gasteiger partial charge on any atom is 0.147 e. The summed E-state index contributed by atoms with van der Waals surface area (Å²) < 4.78 is 0. The van der Waals surface area contributed by atoms with Gasteiger partial charge < -0.3 is 5.11 Å². The lowest BCUT2D eigenvalue weighted by Gasteiger charge is -2.07. The molecule has 1 atom stereocenters. The molecule has 0 spiro atoms. The summed E-state index contributed by atoms with van der Waals surface area (Å²) in [6.07, 6.45) is 5.67. The van der Waals surface area contributed by atoms with Crippen LogP contribution in [0.4, 0.5) is 0 Å². The van der Waals surface area contributed by atoms with Crippen LogP contribution in [0.2, 0.25) is 0 Å². The molecule has 2 nitrogen and oxygen atoms in total. The van der Waals surface area contributed by atoms with E-state index in [9.17, 15) is 5.11 Å². The van der Waals surface area contributed by atoms with Crippen molar-refractivity contribution in [2.75, 3.05) is 0 Å². The molecule has 0 aromatic rings. The average Bonchev–Trinajstić information content (AvgIpc) is 2.04. The SMILES string of the molecule is C=CCC(C)=CC=NC(O)C(C)C. The molecule has 0 saturated heterocycles. The molecule has 0 aliphatic heterocycles. The summed E-state index contributed by atoms with van der Waals surface area (Å²) in [4.78, 5) is 3.97. The topological polar surface area (TPSA) is 32.6 Å². The van der Waals surface area contributed by atoms with Gasteiger partial charge in [0.15, 0.2) is 0 Å². The van der Waals surface area contributed by atoms with Gasteiger partial charge in [0.2, 0.25) is 0 Å². The van der Waals surface area contributed by atoms with E-state index in [2.05, 4.69) is 11.6 Å². The van der Waals surface area contributed by atoms with Gasteiger partial charge in [-0.25, -0.2) is 0 Å². The first-order valence-electron chi connectivity index (χ1n) is 4.55. The zero-order valence-electron chi connectivity index (χ0n) is 8.70. The van der Waals surface area contributed by atoms with Gasteiger partial charge in [0.1, 0.15) is 6.23 Å². The minimum Gasteiger partial charge on any atom is -0.372 e. The van der Waals surface area contributed by atoms with Crippen LogP contribution in [0.3, 0.4) is 0 Å². The third-order valence-corrected chi connectivity index (χ3v) is 1.66. The lowest BCUT2D eigenvalue weighted by atomic mass is 10.2. The summed E-state index contributed by atoms with van der Waals surface area (Å²) in [7, 11) is 0. The van der Waals surface area contributed by atoms with Crippen molar-refractivity contribution in [3.8, 4) is 0 Å². The molecule has 13 heavy (non-hydrogen) atoms. The molecule has 0 heterocycles. The minimum absolute atomic E-state index is 0.171. The fourth-order valence-electron chi connectivity index (χ4n) is 0.726. The molecule has 0 bridgehead atoms. The number of aliphatic hydroxyl groups is 1. The highest BCUT2D eigenvalue weighted by atomic mass is 16.3. The lowest BCUT2D eigenvalue weighted by molar-refractivity contribution is 0.135. The summed E-state index contributed by atoms with van der Waals surface area (Å²) in [5.41, 5.74) is 1.19. The Morgan fingerprint density at radius 2 is 2.15 bits per heavy atom. The molecule has 1 N–H and O–H groups in total. The number of nitrogens with zero attached hydrogens (tertiary/aromatic N) is 1. The first-order chi connectivity index (χ1) is 6.07. The smallest absolute Gasteiger partial charge is 0.147 e. The molecule has 0 amide bonds. The van der Waals surface area contributed by atoms with Crippen molar-refractivity contribution in [2.24, 2.45) is 10.9 Å². The Hall–Kier alpha value is -0.890. The van der Waals surface area contributed by atoms with Gasteiger partial charge in [-0.1, -0.05) is 25.5 Å². The van der Waals surface area contributed by atoms with Crippen LogP contribution in [0.5, 0.6) is 0 Å². The van der Waals surface area contributed by atoms with Crippen molar-refractivity contribution >= 4 is 6.21 Å². The van der Waals surface area contributed by atoms with Crippen LogP contribution < -0.4 is 0 Å². The van der Waals surface area contributed by atoms with E-state index in [1.165, 1.54) is 5.57 Å². The number of aliphatic imine (C=N–C) groups is 1. The van der Waals surface area contributed by atoms with E-state index in [4.69, 9.17) is 0 Å². The van der Waals surface area contributed by atoms with E-state index < -0.39 is 6.23 Å². The number of aliphatic hydroxyl groups excluding tert-OH is 1. The quantitative estimate of drug-likeness (QED) is 0.513. The van der Waals surface area contributed by atoms with Gasteiger partial charge in [-0.05, 0) is 25.3 Å². The summed E-state index contributed by atoms with van der Waals surface area (Å²) >= 11 is 0. The predicted octanol–water partition coefficient (Wildman–Crippen LogP) is 2.55. The Morgan fingerprint density at radius 3 is 2.62 bits per heavy atom. The van der Waals surface area contributed by atoms with Crippen molar-refractivity contribution in [3.05, 3.63) is 24.3 Å². The highest BCUT2D eigenvalue weighted by Crippen LogP contribution is 2.02. The van der Waals surface area contributed by atoms with Gasteiger partial charge in [0.05, 0.1) is 0 Å². The summed E-state index contributed by atoms with van der Waals surface area (Å²) in [5, 5.41) is 9.32. The van der Waals surface area contributed by atoms with Crippen molar-refractivity contribution in [1.29, 1.82) is 0 Å². The van der Waals surface area contributed by atoms with Crippen LogP contribution in [0.15, 0.2) is 29.3 Å². The van der Waals surface area contributed by atoms with Crippen LogP contribution in [-0.4, -0.2) is 17.5 Å². The summed E-state index contributed by atoms with van der Waals surface area (Å²) in [5.74, 6) is 0.171. The maximum absolute atomic E-state index is 9.32. The fraction of sp³-hybridized carbons (Fsp3) is 0.545. The molecular formula is C11H19NO. The second-order valence-electron chi connectivity index (χ2n) is 3.46. The maximum atomic E-state index is 9.32. The van der Waals surface area contributed by atoms with E-state index in [-0.39, 0.29) is 5.92 Å². The molecule has 74 valence electrons. The summed E-state index contributed by atoms with van der Waals surface area (Å²) in [6.45, 7) is 9.51. The molecule has 0 aromatic carbocycles. The van der Waals surface area contributed by atoms with Gasteiger partial charge in [-0.3, -0.25) is 4.99 Å². The number of allylic oxidation sites excluding steroid dienone is 3. The highest BCUT2D eigenvalue weighted by Gasteiger charge is 2.03. The van der Waals surface area contributed by atoms with E-state index >= 15 is 0 Å². The van der Waals surface area contributed by atoms with Gasteiger partial charge in [0, 0.05) is 6.21 Å². The van der Waals surface area contributed by atoms with Crippen LogP contribution in [0, 0.1) is 5.92 Å². The van der Waals surface area contributed by atoms with Crippen molar-refractivity contribution in [2.45, 2.75) is 33.4 Å². The molecule has 0 aliphatic rings. The van der Waals surface area contributed by atoms with Crippen molar-refractivity contribution in [1.82, 2.24) is 0 Å². The third kappa shape index (κ3) is 6.29. The van der Waals surface area contributed by atoms with Crippen LogP contribution in [0.25, 0.3) is 0 Å². The Balaban J connectivity index is 3.98. The Kier molecular flexibility index (Phi) is 6.15. The minimum atomic E-state index is -0.590. The van der Waals surface area contributed by atoms with Crippen LogP contribution in [-0.2, 0) is 0 Å². The Bertz CT molecular complexity index is 204. The lowest BCUT2D eigenvalue weighted by Crippen LogP contribution is -2.10. The number of rotatable bonds is 5. The van der Waals surface area contributed by atoms with E-state index in [0.717, 1.165) is 6.42 Å². The first kappa shape index (κ1) is 12.1. The second-order valence-corrected chi connectivity index (χ2v) is 3.46. The van der Waals surface area contributed by atoms with Gasteiger partial charge in [0.25, 0.3) is 0 Å². The molecule has 0 saturated carbocycles. The Morgan fingerprint density at radius 1 is 1.54 bits per heavy atom. The monoisotopic (exact) mass is 181 g/mol. The molecular weight excluding hydrogens is 162 g/mol. The normalized spacial score (nSPS) is 15.3. The first-order valence-corrected chi connectivity index (χ1v) is 4.55. The molecule has 2 heteroatoms. The van der Waals surface area contributed by atoms with Gasteiger partial charge in [-0.2, -0.15) is 0 Å². The number of hydrogen-bond donors (Lipinski definition) is 1. The Labute approximate surface area is 80.7 Å². The number of hydrogen-bond acceptors (Lipinski definition) is 2. The summed E-state index contributed by atoms with van der Waals surface area (Å²) in [6, 6.07) is 0. The molecule has 0 aliphatic carbocycles. The highest BCUT2D eigenvalue weighted by molar-refractivity contribution is 5.72. The van der Waals surface area contributed by atoms with Crippen molar-refractivity contribution in [3.63, 3.8) is 0 Å². The standard InChI is InChI=1S/C11H19NO/c1-5-6-10(4)7-8-12-11(13)9(2)3/h5,7-9,11,13H,1,6H2,2-4H3.